The fourth-order valence-corrected chi connectivity index (χ4v) is 3.36. The fourth-order valence-electron chi connectivity index (χ4n) is 3.36. The molecule has 1 aliphatic rings. The first-order chi connectivity index (χ1) is 12.3. The Morgan fingerprint density at radius 2 is 1.48 bits per heavy atom. The van der Waals surface area contributed by atoms with Gasteiger partial charge in [0.1, 0.15) is 6.33 Å². The summed E-state index contributed by atoms with van der Waals surface area (Å²) >= 11 is 0. The van der Waals surface area contributed by atoms with Crippen LogP contribution in [0.1, 0.15) is 0 Å². The molecule has 0 aromatic carbocycles. The molecule has 4 aromatic rings. The summed E-state index contributed by atoms with van der Waals surface area (Å²) in [5, 5.41) is 0. The highest BCUT2D eigenvalue weighted by atomic mass is 15.3. The SMILES string of the molecule is Cn1cnc2c(N3CCN(c4nccn5ccnc45)CC3)ncnc21. The molecule has 5 heterocycles. The summed E-state index contributed by atoms with van der Waals surface area (Å²) in [7, 11) is 1.95. The zero-order chi connectivity index (χ0) is 16.8. The average Bonchev–Trinajstić information content (AvgIpc) is 3.28. The van der Waals surface area contributed by atoms with Crippen LogP contribution in [0.4, 0.5) is 11.6 Å². The van der Waals surface area contributed by atoms with Gasteiger partial charge in [-0.25, -0.2) is 24.9 Å². The molecule has 0 aliphatic carbocycles. The zero-order valence-electron chi connectivity index (χ0n) is 13.8. The highest BCUT2D eigenvalue weighted by Crippen LogP contribution is 2.24. The number of aromatic nitrogens is 7. The van der Waals surface area contributed by atoms with Gasteiger partial charge >= 0.3 is 0 Å². The second-order valence-corrected chi connectivity index (χ2v) is 6.11. The molecule has 1 aliphatic heterocycles. The van der Waals surface area contributed by atoms with Crippen molar-refractivity contribution in [3.63, 3.8) is 0 Å². The Hall–Kier alpha value is -3.23. The van der Waals surface area contributed by atoms with Crippen LogP contribution in [0.5, 0.6) is 0 Å². The van der Waals surface area contributed by atoms with Gasteiger partial charge in [-0.05, 0) is 0 Å². The van der Waals surface area contributed by atoms with E-state index >= 15 is 0 Å². The van der Waals surface area contributed by atoms with Gasteiger partial charge in [0.25, 0.3) is 0 Å². The second kappa shape index (κ2) is 5.40. The molecule has 1 saturated heterocycles. The Balaban J connectivity index is 1.42. The van der Waals surface area contributed by atoms with E-state index in [1.807, 2.05) is 34.6 Å². The lowest BCUT2D eigenvalue weighted by Gasteiger charge is -2.35. The van der Waals surface area contributed by atoms with Crippen LogP contribution in [0, 0.1) is 0 Å². The van der Waals surface area contributed by atoms with Gasteiger partial charge in [-0.15, -0.1) is 0 Å². The molecular weight excluding hydrogens is 318 g/mol. The number of piperazine rings is 1. The van der Waals surface area contributed by atoms with Crippen molar-refractivity contribution in [2.45, 2.75) is 0 Å². The fraction of sp³-hybridized carbons (Fsp3) is 0.312. The van der Waals surface area contributed by atoms with Crippen molar-refractivity contribution in [2.24, 2.45) is 7.05 Å². The third kappa shape index (κ3) is 2.19. The second-order valence-electron chi connectivity index (χ2n) is 6.11. The number of nitrogens with zero attached hydrogens (tertiary/aromatic N) is 9. The van der Waals surface area contributed by atoms with Gasteiger partial charge in [0, 0.05) is 58.0 Å². The summed E-state index contributed by atoms with van der Waals surface area (Å²) in [5.41, 5.74) is 2.60. The van der Waals surface area contributed by atoms with Crippen molar-refractivity contribution in [3.8, 4) is 0 Å². The van der Waals surface area contributed by atoms with Crippen molar-refractivity contribution < 1.29 is 0 Å². The van der Waals surface area contributed by atoms with Crippen molar-refractivity contribution in [2.75, 3.05) is 36.0 Å². The van der Waals surface area contributed by atoms with E-state index in [1.165, 1.54) is 0 Å². The van der Waals surface area contributed by atoms with Crippen molar-refractivity contribution in [1.82, 2.24) is 33.9 Å². The van der Waals surface area contributed by atoms with Crippen molar-refractivity contribution >= 4 is 28.4 Å². The van der Waals surface area contributed by atoms with Crippen LogP contribution in [-0.2, 0) is 7.05 Å². The molecule has 0 saturated carbocycles. The van der Waals surface area contributed by atoms with Crippen LogP contribution in [-0.4, -0.2) is 60.1 Å². The molecule has 0 atom stereocenters. The zero-order valence-corrected chi connectivity index (χ0v) is 13.8. The highest BCUT2D eigenvalue weighted by Gasteiger charge is 2.23. The Bertz CT molecular complexity index is 1040. The Labute approximate surface area is 143 Å². The van der Waals surface area contributed by atoms with Gasteiger partial charge in [0.15, 0.2) is 28.4 Å². The molecule has 0 amide bonds. The quantitative estimate of drug-likeness (QED) is 0.534. The van der Waals surface area contributed by atoms with E-state index in [2.05, 4.69) is 34.7 Å². The lowest BCUT2D eigenvalue weighted by molar-refractivity contribution is 0.643. The molecule has 0 N–H and O–H groups in total. The van der Waals surface area contributed by atoms with Gasteiger partial charge in [0.05, 0.1) is 6.33 Å². The van der Waals surface area contributed by atoms with Gasteiger partial charge in [-0.3, -0.25) is 0 Å². The smallest absolute Gasteiger partial charge is 0.180 e. The Morgan fingerprint density at radius 3 is 2.28 bits per heavy atom. The first-order valence-electron chi connectivity index (χ1n) is 8.21. The van der Waals surface area contributed by atoms with Crippen LogP contribution in [0.25, 0.3) is 16.8 Å². The molecule has 4 aromatic heterocycles. The largest absolute Gasteiger partial charge is 0.351 e. The van der Waals surface area contributed by atoms with Crippen LogP contribution < -0.4 is 9.80 Å². The molecule has 1 fully saturated rings. The van der Waals surface area contributed by atoms with Crippen molar-refractivity contribution in [3.05, 3.63) is 37.4 Å². The average molecular weight is 335 g/mol. The topological polar surface area (TPSA) is 80.3 Å². The maximum absolute atomic E-state index is 4.54. The van der Waals surface area contributed by atoms with Crippen molar-refractivity contribution in [1.29, 1.82) is 0 Å². The maximum atomic E-state index is 4.54. The van der Waals surface area contributed by atoms with Gasteiger partial charge in [-0.2, -0.15) is 0 Å². The normalized spacial score (nSPS) is 15.4. The van der Waals surface area contributed by atoms with Crippen LogP contribution in [0.2, 0.25) is 0 Å². The van der Waals surface area contributed by atoms with Crippen LogP contribution in [0.15, 0.2) is 37.4 Å². The van der Waals surface area contributed by atoms with E-state index in [9.17, 15) is 0 Å². The number of anilines is 2. The summed E-state index contributed by atoms with van der Waals surface area (Å²) in [6.45, 7) is 3.42. The molecular formula is C16H17N9. The monoisotopic (exact) mass is 335 g/mol. The summed E-state index contributed by atoms with van der Waals surface area (Å²) in [5.74, 6) is 1.83. The standard InChI is InChI=1S/C16H17N9/c1-22-11-21-12-13(22)19-10-20-14(12)24-6-8-25(9-7-24)16-15-17-2-4-23(15)5-3-18-16/h2-5,10-11H,6-9H2,1H3. The predicted molar refractivity (Wildman–Crippen MR) is 93.7 cm³/mol. The Morgan fingerprint density at radius 1 is 0.760 bits per heavy atom. The van der Waals surface area contributed by atoms with E-state index < -0.39 is 0 Å². The maximum Gasteiger partial charge on any atom is 0.180 e. The van der Waals surface area contributed by atoms with E-state index in [-0.39, 0.29) is 0 Å². The molecule has 126 valence electrons. The molecule has 0 radical (unpaired) electrons. The minimum Gasteiger partial charge on any atom is -0.351 e. The number of rotatable bonds is 2. The summed E-state index contributed by atoms with van der Waals surface area (Å²) < 4.78 is 3.91. The number of hydrogen-bond donors (Lipinski definition) is 0. The molecule has 5 rings (SSSR count). The Kier molecular flexibility index (Phi) is 3.06. The van der Waals surface area contributed by atoms with E-state index in [0.29, 0.717) is 0 Å². The van der Waals surface area contributed by atoms with E-state index in [1.54, 1.807) is 18.9 Å². The van der Waals surface area contributed by atoms with Gasteiger partial charge in [0.2, 0.25) is 0 Å². The minimum atomic E-state index is 0.853. The molecule has 0 bridgehead atoms. The molecule has 0 spiro atoms. The minimum absolute atomic E-state index is 0.853. The predicted octanol–water partition coefficient (Wildman–Crippen LogP) is 0.733. The third-order valence-electron chi connectivity index (χ3n) is 4.65. The van der Waals surface area contributed by atoms with Gasteiger partial charge in [-0.1, -0.05) is 0 Å². The molecule has 0 unspecified atom stereocenters. The van der Waals surface area contributed by atoms with E-state index in [0.717, 1.165) is 54.6 Å². The number of aryl methyl sites for hydroxylation is 1. The first kappa shape index (κ1) is 14.1. The van der Waals surface area contributed by atoms with Crippen LogP contribution in [0.3, 0.4) is 0 Å². The lowest BCUT2D eigenvalue weighted by atomic mass is 10.3. The molecule has 9 heteroatoms. The molecule has 25 heavy (non-hydrogen) atoms. The first-order valence-corrected chi connectivity index (χ1v) is 8.21. The molecule has 9 nitrogen and oxygen atoms in total. The lowest BCUT2D eigenvalue weighted by Crippen LogP contribution is -2.47. The third-order valence-corrected chi connectivity index (χ3v) is 4.65. The summed E-state index contributed by atoms with van der Waals surface area (Å²) in [6, 6.07) is 0. The van der Waals surface area contributed by atoms with Crippen LogP contribution >= 0.6 is 0 Å². The number of fused-ring (bicyclic) bond motifs is 2. The highest BCUT2D eigenvalue weighted by molar-refractivity contribution is 5.83. The summed E-state index contributed by atoms with van der Waals surface area (Å²) in [6.07, 6.45) is 10.9. The number of hydrogen-bond acceptors (Lipinski definition) is 7. The van der Waals surface area contributed by atoms with Gasteiger partial charge < -0.3 is 18.8 Å². The summed E-state index contributed by atoms with van der Waals surface area (Å²) in [4.78, 5) is 26.8. The number of imidazole rings is 2. The van der Waals surface area contributed by atoms with E-state index in [4.69, 9.17) is 0 Å².